The molecular weight excluding hydrogens is 200 g/mol. The van der Waals surface area contributed by atoms with Gasteiger partial charge >= 0.3 is 5.97 Å². The van der Waals surface area contributed by atoms with Crippen molar-refractivity contribution in [1.82, 2.24) is 0 Å². The second-order valence-corrected chi connectivity index (χ2v) is 3.13. The summed E-state index contributed by atoms with van der Waals surface area (Å²) in [7, 11) is 0. The summed E-state index contributed by atoms with van der Waals surface area (Å²) in [5.41, 5.74) is 6.90. The molecule has 1 aromatic rings. The van der Waals surface area contributed by atoms with E-state index in [1.165, 1.54) is 0 Å². The fraction of sp³-hybridized carbons (Fsp3) is 0.111. The van der Waals surface area contributed by atoms with Crippen LogP contribution in [0.15, 0.2) is 24.3 Å². The van der Waals surface area contributed by atoms with Gasteiger partial charge in [0, 0.05) is 11.3 Å². The first kappa shape index (κ1) is 10.5. The maximum atomic E-state index is 10.2. The molecular formula is C9H10N2O2S. The molecule has 0 aromatic heterocycles. The first-order chi connectivity index (χ1) is 6.59. The first-order valence-electron chi connectivity index (χ1n) is 3.95. The van der Waals surface area contributed by atoms with Gasteiger partial charge in [-0.15, -0.1) is 0 Å². The molecule has 0 saturated heterocycles. The van der Waals surface area contributed by atoms with Crippen LogP contribution in [0.3, 0.4) is 0 Å². The Kier molecular flexibility index (Phi) is 3.41. The van der Waals surface area contributed by atoms with Crippen molar-refractivity contribution in [3.63, 3.8) is 0 Å². The zero-order chi connectivity index (χ0) is 10.6. The van der Waals surface area contributed by atoms with Gasteiger partial charge in [0.15, 0.2) is 0 Å². The summed E-state index contributed by atoms with van der Waals surface area (Å²) < 4.78 is 0. The minimum absolute atomic E-state index is 0.105. The Morgan fingerprint density at radius 1 is 1.43 bits per heavy atom. The minimum atomic E-state index is -0.900. The van der Waals surface area contributed by atoms with Crippen LogP contribution in [0.4, 0.5) is 5.69 Å². The highest BCUT2D eigenvalue weighted by Gasteiger charge is 1.98. The molecule has 0 atom stereocenters. The normalized spacial score (nSPS) is 9.43. The van der Waals surface area contributed by atoms with Crippen molar-refractivity contribution >= 4 is 28.9 Å². The average Bonchev–Trinajstić information content (AvgIpc) is 2.15. The van der Waals surface area contributed by atoms with E-state index < -0.39 is 5.97 Å². The molecule has 4 N–H and O–H groups in total. The highest BCUT2D eigenvalue weighted by Crippen LogP contribution is 2.08. The van der Waals surface area contributed by atoms with E-state index >= 15 is 0 Å². The molecule has 0 aliphatic carbocycles. The van der Waals surface area contributed by atoms with Crippen LogP contribution in [0.5, 0.6) is 0 Å². The Hall–Kier alpha value is -1.62. The van der Waals surface area contributed by atoms with Crippen molar-refractivity contribution in [3.8, 4) is 0 Å². The second-order valence-electron chi connectivity index (χ2n) is 2.69. The fourth-order valence-corrected chi connectivity index (χ4v) is 1.07. The second kappa shape index (κ2) is 4.57. The topological polar surface area (TPSA) is 75.3 Å². The Balaban J connectivity index is 2.64. The van der Waals surface area contributed by atoms with E-state index in [2.05, 4.69) is 5.32 Å². The zero-order valence-electron chi connectivity index (χ0n) is 7.36. The van der Waals surface area contributed by atoms with Crippen LogP contribution in [0, 0.1) is 0 Å². The monoisotopic (exact) mass is 210 g/mol. The molecule has 0 aliphatic rings. The van der Waals surface area contributed by atoms with E-state index in [1.807, 2.05) is 0 Å². The van der Waals surface area contributed by atoms with E-state index in [9.17, 15) is 4.79 Å². The third kappa shape index (κ3) is 3.02. The maximum Gasteiger partial charge on any atom is 0.322 e. The third-order valence-corrected chi connectivity index (χ3v) is 1.85. The Morgan fingerprint density at radius 3 is 2.43 bits per heavy atom. The molecule has 1 rings (SSSR count). The summed E-state index contributed by atoms with van der Waals surface area (Å²) in [4.78, 5) is 10.6. The Morgan fingerprint density at radius 2 is 2.00 bits per heavy atom. The lowest BCUT2D eigenvalue weighted by atomic mass is 10.2. The van der Waals surface area contributed by atoms with Crippen molar-refractivity contribution in [2.45, 2.75) is 0 Å². The smallest absolute Gasteiger partial charge is 0.322 e. The molecule has 1 aromatic carbocycles. The SMILES string of the molecule is NC(=S)c1ccc(NCC(=O)O)cc1. The largest absolute Gasteiger partial charge is 0.480 e. The number of nitrogens with two attached hydrogens (primary N) is 1. The van der Waals surface area contributed by atoms with Gasteiger partial charge < -0.3 is 16.2 Å². The van der Waals surface area contributed by atoms with Gasteiger partial charge in [0.25, 0.3) is 0 Å². The lowest BCUT2D eigenvalue weighted by Crippen LogP contribution is -2.13. The van der Waals surface area contributed by atoms with Crippen LogP contribution in [0.25, 0.3) is 0 Å². The van der Waals surface area contributed by atoms with Crippen molar-refractivity contribution in [3.05, 3.63) is 29.8 Å². The van der Waals surface area contributed by atoms with Crippen LogP contribution >= 0.6 is 12.2 Å². The fourth-order valence-electron chi connectivity index (χ4n) is 0.930. The number of benzene rings is 1. The van der Waals surface area contributed by atoms with Crippen LogP contribution in [0.2, 0.25) is 0 Å². The lowest BCUT2D eigenvalue weighted by Gasteiger charge is -2.03. The molecule has 0 saturated carbocycles. The molecule has 0 spiro atoms. The number of carbonyl (C=O) groups is 1. The summed E-state index contributed by atoms with van der Waals surface area (Å²) in [6.07, 6.45) is 0. The van der Waals surface area contributed by atoms with Gasteiger partial charge in [-0.1, -0.05) is 12.2 Å². The number of hydrogen-bond donors (Lipinski definition) is 3. The predicted octanol–water partition coefficient (Wildman–Crippen LogP) is 0.817. The number of aliphatic carboxylic acids is 1. The van der Waals surface area contributed by atoms with Gasteiger partial charge in [0.05, 0.1) is 0 Å². The number of anilines is 1. The van der Waals surface area contributed by atoms with Gasteiger partial charge in [-0.25, -0.2) is 0 Å². The molecule has 4 nitrogen and oxygen atoms in total. The van der Waals surface area contributed by atoms with Crippen LogP contribution in [0.1, 0.15) is 5.56 Å². The molecule has 74 valence electrons. The lowest BCUT2D eigenvalue weighted by molar-refractivity contribution is -0.134. The molecule has 0 fully saturated rings. The van der Waals surface area contributed by atoms with Gasteiger partial charge in [0.2, 0.25) is 0 Å². The highest BCUT2D eigenvalue weighted by molar-refractivity contribution is 7.80. The van der Waals surface area contributed by atoms with Crippen LogP contribution < -0.4 is 11.1 Å². The van der Waals surface area contributed by atoms with Gasteiger partial charge in [0.1, 0.15) is 11.5 Å². The quantitative estimate of drug-likeness (QED) is 0.641. The summed E-state index contributed by atoms with van der Waals surface area (Å²) in [6.45, 7) is -0.105. The summed E-state index contributed by atoms with van der Waals surface area (Å²) in [5, 5.41) is 11.1. The summed E-state index contributed by atoms with van der Waals surface area (Å²) in [6, 6.07) is 6.95. The van der Waals surface area contributed by atoms with Crippen molar-refractivity contribution in [1.29, 1.82) is 0 Å². The van der Waals surface area contributed by atoms with E-state index in [4.69, 9.17) is 23.1 Å². The molecule has 0 unspecified atom stereocenters. The molecule has 0 heterocycles. The van der Waals surface area contributed by atoms with Crippen molar-refractivity contribution < 1.29 is 9.90 Å². The van der Waals surface area contributed by atoms with E-state index in [-0.39, 0.29) is 6.54 Å². The van der Waals surface area contributed by atoms with Crippen molar-refractivity contribution in [2.75, 3.05) is 11.9 Å². The molecule has 0 aliphatic heterocycles. The average molecular weight is 210 g/mol. The first-order valence-corrected chi connectivity index (χ1v) is 4.36. The predicted molar refractivity (Wildman–Crippen MR) is 58.5 cm³/mol. The molecule has 0 radical (unpaired) electrons. The Labute approximate surface area is 86.7 Å². The number of rotatable bonds is 4. The number of nitrogens with one attached hydrogen (secondary N) is 1. The summed E-state index contributed by atoms with van der Waals surface area (Å²) >= 11 is 4.77. The van der Waals surface area contributed by atoms with Crippen molar-refractivity contribution in [2.24, 2.45) is 5.73 Å². The molecule has 0 amide bonds. The van der Waals surface area contributed by atoms with E-state index in [0.29, 0.717) is 4.99 Å². The molecule has 14 heavy (non-hydrogen) atoms. The van der Waals surface area contributed by atoms with Gasteiger partial charge in [-0.2, -0.15) is 0 Å². The van der Waals surface area contributed by atoms with Gasteiger partial charge in [-0.3, -0.25) is 4.79 Å². The Bertz CT molecular complexity index is 348. The van der Waals surface area contributed by atoms with E-state index in [0.717, 1.165) is 11.3 Å². The minimum Gasteiger partial charge on any atom is -0.480 e. The van der Waals surface area contributed by atoms with Crippen LogP contribution in [-0.2, 0) is 4.79 Å². The van der Waals surface area contributed by atoms with Gasteiger partial charge in [-0.05, 0) is 24.3 Å². The van der Waals surface area contributed by atoms with E-state index in [1.54, 1.807) is 24.3 Å². The number of thiocarbonyl (C=S) groups is 1. The third-order valence-electron chi connectivity index (χ3n) is 1.61. The van der Waals surface area contributed by atoms with Crippen LogP contribution in [-0.4, -0.2) is 22.6 Å². The summed E-state index contributed by atoms with van der Waals surface area (Å²) in [5.74, 6) is -0.900. The maximum absolute atomic E-state index is 10.2. The number of hydrogen-bond acceptors (Lipinski definition) is 3. The molecule has 5 heteroatoms. The standard InChI is InChI=1S/C9H10N2O2S/c10-9(14)6-1-3-7(4-2-6)11-5-8(12)13/h1-4,11H,5H2,(H2,10,14)(H,12,13). The number of carboxylic acids is 1. The molecule has 0 bridgehead atoms. The highest BCUT2D eigenvalue weighted by atomic mass is 32.1. The number of carboxylic acid groups (broad SMARTS) is 1. The zero-order valence-corrected chi connectivity index (χ0v) is 8.17.